The highest BCUT2D eigenvalue weighted by atomic mass is 127. The zero-order chi connectivity index (χ0) is 16.7. The van der Waals surface area contributed by atoms with Gasteiger partial charge < -0.3 is 15.8 Å². The molecule has 0 aromatic heterocycles. The minimum Gasteiger partial charge on any atom is -0.491 e. The van der Waals surface area contributed by atoms with E-state index in [0.717, 1.165) is 11.4 Å². The summed E-state index contributed by atoms with van der Waals surface area (Å²) in [4.78, 5) is 4.30. The Kier molecular flexibility index (Phi) is 8.60. The first-order chi connectivity index (χ1) is 11.1. The molecule has 5 heteroatoms. The summed E-state index contributed by atoms with van der Waals surface area (Å²) in [6.45, 7) is 7.36. The van der Waals surface area contributed by atoms with Crippen LogP contribution in [-0.2, 0) is 0 Å². The maximum atomic E-state index is 5.90. The number of ether oxygens (including phenoxy) is 1. The van der Waals surface area contributed by atoms with Gasteiger partial charge in [0.25, 0.3) is 0 Å². The Morgan fingerprint density at radius 1 is 1.17 bits per heavy atom. The van der Waals surface area contributed by atoms with E-state index in [9.17, 15) is 0 Å². The van der Waals surface area contributed by atoms with Crippen molar-refractivity contribution < 1.29 is 4.74 Å². The number of guanidine groups is 1. The molecule has 0 spiro atoms. The zero-order valence-corrected chi connectivity index (χ0v) is 16.8. The molecule has 0 amide bonds. The number of hydrogen-bond acceptors (Lipinski definition) is 2. The minimum atomic E-state index is 0. The molecule has 2 rings (SSSR count). The number of aliphatic imine (C=N–C) groups is 1. The van der Waals surface area contributed by atoms with Crippen LogP contribution in [0.5, 0.6) is 5.75 Å². The van der Waals surface area contributed by atoms with E-state index >= 15 is 0 Å². The van der Waals surface area contributed by atoms with Crippen LogP contribution in [0.1, 0.15) is 30.9 Å². The molecule has 2 aromatic carbocycles. The Morgan fingerprint density at radius 2 is 1.92 bits per heavy atom. The second-order valence-corrected chi connectivity index (χ2v) is 5.80. The molecule has 0 aliphatic carbocycles. The number of para-hydroxylation sites is 1. The van der Waals surface area contributed by atoms with Gasteiger partial charge in [-0.2, -0.15) is 0 Å². The molecule has 0 aliphatic rings. The fraction of sp³-hybridized carbons (Fsp3) is 0.316. The van der Waals surface area contributed by atoms with Crippen LogP contribution in [-0.4, -0.2) is 19.1 Å². The van der Waals surface area contributed by atoms with E-state index in [2.05, 4.69) is 30.2 Å². The fourth-order valence-corrected chi connectivity index (χ4v) is 2.32. The molecule has 4 nitrogen and oxygen atoms in total. The van der Waals surface area contributed by atoms with Gasteiger partial charge in [-0.1, -0.05) is 44.2 Å². The first-order valence-electron chi connectivity index (χ1n) is 7.91. The molecule has 3 N–H and O–H groups in total. The van der Waals surface area contributed by atoms with Crippen LogP contribution in [0, 0.1) is 6.92 Å². The van der Waals surface area contributed by atoms with Crippen molar-refractivity contribution >= 4 is 35.6 Å². The number of anilines is 1. The van der Waals surface area contributed by atoms with Crippen molar-refractivity contribution in [3.05, 3.63) is 59.7 Å². The smallest absolute Gasteiger partial charge is 0.193 e. The van der Waals surface area contributed by atoms with E-state index in [4.69, 9.17) is 10.5 Å². The lowest BCUT2D eigenvalue weighted by molar-refractivity contribution is 0.324. The molecule has 0 fully saturated rings. The molecule has 0 atom stereocenters. The van der Waals surface area contributed by atoms with Crippen molar-refractivity contribution in [2.45, 2.75) is 26.7 Å². The highest BCUT2D eigenvalue weighted by Gasteiger charge is 2.06. The van der Waals surface area contributed by atoms with E-state index in [1.165, 1.54) is 11.1 Å². The Morgan fingerprint density at radius 3 is 2.62 bits per heavy atom. The van der Waals surface area contributed by atoms with Crippen molar-refractivity contribution in [2.75, 3.05) is 18.5 Å². The van der Waals surface area contributed by atoms with Gasteiger partial charge in [0, 0.05) is 5.69 Å². The average Bonchev–Trinajstić information content (AvgIpc) is 2.52. The molecule has 0 heterocycles. The summed E-state index contributed by atoms with van der Waals surface area (Å²) >= 11 is 0. The second kappa shape index (κ2) is 10.2. The van der Waals surface area contributed by atoms with Crippen LogP contribution in [0.4, 0.5) is 5.69 Å². The second-order valence-electron chi connectivity index (χ2n) is 5.80. The number of nitrogens with zero attached hydrogens (tertiary/aromatic N) is 1. The first-order valence-corrected chi connectivity index (χ1v) is 7.91. The first kappa shape index (κ1) is 20.3. The van der Waals surface area contributed by atoms with Gasteiger partial charge in [0.15, 0.2) is 5.96 Å². The van der Waals surface area contributed by atoms with Crippen molar-refractivity contribution in [3.63, 3.8) is 0 Å². The van der Waals surface area contributed by atoms with Crippen LogP contribution >= 0.6 is 24.0 Å². The number of halogens is 1. The van der Waals surface area contributed by atoms with Gasteiger partial charge in [0.05, 0.1) is 6.54 Å². The Labute approximate surface area is 161 Å². The van der Waals surface area contributed by atoms with Crippen molar-refractivity contribution in [2.24, 2.45) is 10.7 Å². The molecule has 0 radical (unpaired) electrons. The molecule has 24 heavy (non-hydrogen) atoms. The Balaban J connectivity index is 0.00000288. The normalized spacial score (nSPS) is 11.1. The predicted octanol–water partition coefficient (Wildman–Crippen LogP) is 4.54. The summed E-state index contributed by atoms with van der Waals surface area (Å²) in [6.07, 6.45) is 0. The van der Waals surface area contributed by atoms with Gasteiger partial charge in [-0.05, 0) is 42.2 Å². The number of aryl methyl sites for hydroxylation is 1. The summed E-state index contributed by atoms with van der Waals surface area (Å²) in [5.74, 6) is 1.75. The number of benzene rings is 2. The lowest BCUT2D eigenvalue weighted by atomic mass is 10.0. The maximum absolute atomic E-state index is 5.90. The number of nitrogens with two attached hydrogens (primary N) is 1. The largest absolute Gasteiger partial charge is 0.491 e. The average molecular weight is 439 g/mol. The third-order valence-electron chi connectivity index (χ3n) is 3.46. The van der Waals surface area contributed by atoms with Crippen LogP contribution in [0.3, 0.4) is 0 Å². The Hall–Kier alpha value is -1.76. The van der Waals surface area contributed by atoms with E-state index in [1.807, 2.05) is 49.4 Å². The third-order valence-corrected chi connectivity index (χ3v) is 3.46. The van der Waals surface area contributed by atoms with Crippen molar-refractivity contribution in [3.8, 4) is 5.75 Å². The highest BCUT2D eigenvalue weighted by molar-refractivity contribution is 14.0. The standard InChI is InChI=1S/C19H25N3O.HI/c1-14(2)17-9-4-5-10-18(17)23-12-11-21-19(20)22-16-8-6-7-15(3)13-16;/h4-10,13-14H,11-12H2,1-3H3,(H3,20,21,22);1H. The van der Waals surface area contributed by atoms with Crippen molar-refractivity contribution in [1.29, 1.82) is 0 Å². The summed E-state index contributed by atoms with van der Waals surface area (Å²) in [5, 5.41) is 3.08. The molecule has 130 valence electrons. The molecule has 0 saturated heterocycles. The summed E-state index contributed by atoms with van der Waals surface area (Å²) < 4.78 is 5.83. The van der Waals surface area contributed by atoms with E-state index in [0.29, 0.717) is 25.0 Å². The van der Waals surface area contributed by atoms with Gasteiger partial charge >= 0.3 is 0 Å². The monoisotopic (exact) mass is 439 g/mol. The molecular weight excluding hydrogens is 413 g/mol. The molecule has 0 aliphatic heterocycles. The SMILES string of the molecule is Cc1cccc(NC(N)=NCCOc2ccccc2C(C)C)c1.I. The van der Waals surface area contributed by atoms with Gasteiger partial charge in [0.2, 0.25) is 0 Å². The minimum absolute atomic E-state index is 0. The van der Waals surface area contributed by atoms with Crippen LogP contribution in [0.15, 0.2) is 53.5 Å². The lowest BCUT2D eigenvalue weighted by Crippen LogP contribution is -2.23. The topological polar surface area (TPSA) is 59.6 Å². The van der Waals surface area contributed by atoms with E-state index in [1.54, 1.807) is 0 Å². The van der Waals surface area contributed by atoms with Crippen molar-refractivity contribution in [1.82, 2.24) is 0 Å². The quantitative estimate of drug-likeness (QED) is 0.301. The fourth-order valence-electron chi connectivity index (χ4n) is 2.32. The molecule has 0 saturated carbocycles. The van der Waals surface area contributed by atoms with Gasteiger partial charge in [-0.25, -0.2) is 4.99 Å². The van der Waals surface area contributed by atoms with Crippen LogP contribution in [0.2, 0.25) is 0 Å². The highest BCUT2D eigenvalue weighted by Crippen LogP contribution is 2.25. The summed E-state index contributed by atoms with van der Waals surface area (Å²) in [5.41, 5.74) is 9.23. The number of hydrogen-bond donors (Lipinski definition) is 2. The molecule has 0 bridgehead atoms. The maximum Gasteiger partial charge on any atom is 0.193 e. The van der Waals surface area contributed by atoms with Crippen LogP contribution < -0.4 is 15.8 Å². The van der Waals surface area contributed by atoms with Crippen LogP contribution in [0.25, 0.3) is 0 Å². The van der Waals surface area contributed by atoms with Gasteiger partial charge in [-0.3, -0.25) is 0 Å². The summed E-state index contributed by atoms with van der Waals surface area (Å²) in [7, 11) is 0. The summed E-state index contributed by atoms with van der Waals surface area (Å²) in [6, 6.07) is 16.1. The van der Waals surface area contributed by atoms with E-state index < -0.39 is 0 Å². The van der Waals surface area contributed by atoms with Gasteiger partial charge in [0.1, 0.15) is 12.4 Å². The molecular formula is C19H26IN3O. The number of nitrogens with one attached hydrogen (secondary N) is 1. The Bertz CT molecular complexity index is 671. The third kappa shape index (κ3) is 6.39. The van der Waals surface area contributed by atoms with Gasteiger partial charge in [-0.15, -0.1) is 24.0 Å². The zero-order valence-electron chi connectivity index (χ0n) is 14.5. The van der Waals surface area contributed by atoms with E-state index in [-0.39, 0.29) is 24.0 Å². The lowest BCUT2D eigenvalue weighted by Gasteiger charge is -2.13. The predicted molar refractivity (Wildman–Crippen MR) is 113 cm³/mol. The molecule has 2 aromatic rings. The molecule has 0 unspecified atom stereocenters. The number of rotatable bonds is 6.